The highest BCUT2D eigenvalue weighted by atomic mass is 35.5. The zero-order chi connectivity index (χ0) is 26.8. The lowest BCUT2D eigenvalue weighted by Gasteiger charge is -2.30. The summed E-state index contributed by atoms with van der Waals surface area (Å²) in [5.74, 6) is -0.0724. The van der Waals surface area contributed by atoms with Crippen LogP contribution in [0.3, 0.4) is 0 Å². The summed E-state index contributed by atoms with van der Waals surface area (Å²) in [5, 5.41) is 12.9. The van der Waals surface area contributed by atoms with Crippen molar-refractivity contribution in [3.8, 4) is 5.75 Å². The van der Waals surface area contributed by atoms with Crippen LogP contribution in [0.4, 0.5) is 5.69 Å². The van der Waals surface area contributed by atoms with Gasteiger partial charge in [-0.1, -0.05) is 42.8 Å². The number of aromatic nitrogens is 1. The minimum atomic E-state index is -0.306. The number of amides is 2. The number of carbonyl (C=O) groups is 2. The van der Waals surface area contributed by atoms with Gasteiger partial charge in [-0.2, -0.15) is 0 Å². The summed E-state index contributed by atoms with van der Waals surface area (Å²) in [6.07, 6.45) is 3.08. The topological polar surface area (TPSA) is 95.0 Å². The van der Waals surface area contributed by atoms with Gasteiger partial charge >= 0.3 is 0 Å². The van der Waals surface area contributed by atoms with Crippen LogP contribution in [0.15, 0.2) is 67.0 Å². The fraction of sp³-hybridized carbons (Fsp3) is 0.321. The SMILES string of the molecule is CC1COc2c(NC(=O)c3ccncc3)cccc2C(=O)N(CCO)C1.CN(C)Cc1ccccc1Cl. The highest BCUT2D eigenvalue weighted by molar-refractivity contribution is 6.31. The van der Waals surface area contributed by atoms with E-state index in [1.165, 1.54) is 5.56 Å². The molecule has 0 aliphatic carbocycles. The number of hydrogen-bond donors (Lipinski definition) is 2. The maximum atomic E-state index is 12.8. The molecule has 1 aromatic heterocycles. The molecule has 196 valence electrons. The van der Waals surface area contributed by atoms with Crippen LogP contribution in [0.5, 0.6) is 5.75 Å². The number of halogens is 1. The number of anilines is 1. The van der Waals surface area contributed by atoms with Crippen LogP contribution in [-0.2, 0) is 6.54 Å². The first kappa shape index (κ1) is 28.1. The third-order valence-corrected chi connectivity index (χ3v) is 5.95. The highest BCUT2D eigenvalue weighted by Gasteiger charge is 2.27. The molecule has 2 N–H and O–H groups in total. The Labute approximate surface area is 222 Å². The lowest BCUT2D eigenvalue weighted by atomic mass is 10.1. The van der Waals surface area contributed by atoms with Gasteiger partial charge in [-0.15, -0.1) is 0 Å². The third kappa shape index (κ3) is 8.01. The van der Waals surface area contributed by atoms with Crippen molar-refractivity contribution in [2.75, 3.05) is 45.7 Å². The van der Waals surface area contributed by atoms with Crippen LogP contribution in [-0.4, -0.2) is 72.1 Å². The number of β-amino-alcohol motifs (C(OH)–C–C–N with tert-alkyl or cyclic N) is 1. The van der Waals surface area contributed by atoms with Gasteiger partial charge in [0, 0.05) is 48.5 Å². The number of aliphatic hydroxyl groups excluding tert-OH is 1. The van der Waals surface area contributed by atoms with Crippen molar-refractivity contribution in [3.05, 3.63) is 88.7 Å². The number of pyridine rings is 1. The number of ether oxygens (including phenoxy) is 1. The number of rotatable bonds is 6. The number of hydrogen-bond acceptors (Lipinski definition) is 6. The van der Waals surface area contributed by atoms with Crippen molar-refractivity contribution in [1.29, 1.82) is 0 Å². The van der Waals surface area contributed by atoms with Crippen molar-refractivity contribution in [2.24, 2.45) is 5.92 Å². The molecular weight excluding hydrogens is 492 g/mol. The molecule has 0 saturated carbocycles. The lowest BCUT2D eigenvalue weighted by molar-refractivity contribution is 0.0645. The van der Waals surface area contributed by atoms with E-state index in [1.54, 1.807) is 47.6 Å². The molecule has 0 radical (unpaired) electrons. The number of para-hydroxylation sites is 1. The van der Waals surface area contributed by atoms with Crippen LogP contribution >= 0.6 is 11.6 Å². The summed E-state index contributed by atoms with van der Waals surface area (Å²) in [5.41, 5.74) is 2.46. The molecule has 0 fully saturated rings. The van der Waals surface area contributed by atoms with Crippen molar-refractivity contribution < 1.29 is 19.4 Å². The molecule has 0 saturated heterocycles. The second-order valence-corrected chi connectivity index (χ2v) is 9.50. The Morgan fingerprint density at radius 1 is 1.16 bits per heavy atom. The molecular formula is C28H33ClN4O4. The van der Waals surface area contributed by atoms with Gasteiger partial charge in [0.25, 0.3) is 11.8 Å². The smallest absolute Gasteiger partial charge is 0.257 e. The van der Waals surface area contributed by atoms with E-state index in [0.29, 0.717) is 35.7 Å². The van der Waals surface area contributed by atoms with E-state index in [4.69, 9.17) is 16.3 Å². The Kier molecular flexibility index (Phi) is 10.4. The first-order valence-electron chi connectivity index (χ1n) is 12.1. The van der Waals surface area contributed by atoms with Gasteiger partial charge in [-0.05, 0) is 50.0 Å². The molecule has 1 aliphatic heterocycles. The van der Waals surface area contributed by atoms with Gasteiger partial charge in [0.2, 0.25) is 0 Å². The normalized spacial score (nSPS) is 15.0. The zero-order valence-electron chi connectivity index (χ0n) is 21.4. The zero-order valence-corrected chi connectivity index (χ0v) is 22.1. The Hall–Kier alpha value is -3.46. The van der Waals surface area contributed by atoms with Gasteiger partial charge in [0.05, 0.1) is 24.5 Å². The molecule has 9 heteroatoms. The molecule has 3 aromatic rings. The van der Waals surface area contributed by atoms with Crippen molar-refractivity contribution in [3.63, 3.8) is 0 Å². The summed E-state index contributed by atoms with van der Waals surface area (Å²) in [4.78, 5) is 32.9. The van der Waals surface area contributed by atoms with Gasteiger partial charge < -0.3 is 25.0 Å². The quantitative estimate of drug-likeness (QED) is 0.502. The average molecular weight is 525 g/mol. The number of fused-ring (bicyclic) bond motifs is 1. The monoisotopic (exact) mass is 524 g/mol. The van der Waals surface area contributed by atoms with Gasteiger partial charge in [0.15, 0.2) is 5.75 Å². The molecule has 2 amide bonds. The molecule has 1 unspecified atom stereocenters. The van der Waals surface area contributed by atoms with E-state index in [1.807, 2.05) is 45.3 Å². The maximum absolute atomic E-state index is 12.8. The average Bonchev–Trinajstić information content (AvgIpc) is 2.88. The highest BCUT2D eigenvalue weighted by Crippen LogP contribution is 2.32. The van der Waals surface area contributed by atoms with Gasteiger partial charge in [-0.25, -0.2) is 0 Å². The molecule has 1 aliphatic rings. The number of nitrogens with zero attached hydrogens (tertiary/aromatic N) is 3. The van der Waals surface area contributed by atoms with E-state index < -0.39 is 0 Å². The molecule has 37 heavy (non-hydrogen) atoms. The maximum Gasteiger partial charge on any atom is 0.257 e. The second kappa shape index (κ2) is 13.7. The molecule has 2 heterocycles. The molecule has 0 bridgehead atoms. The predicted molar refractivity (Wildman–Crippen MR) is 145 cm³/mol. The number of carbonyl (C=O) groups excluding carboxylic acids is 2. The van der Waals surface area contributed by atoms with E-state index in [0.717, 1.165) is 11.6 Å². The van der Waals surface area contributed by atoms with Crippen molar-refractivity contribution in [1.82, 2.24) is 14.8 Å². The summed E-state index contributed by atoms with van der Waals surface area (Å²) >= 11 is 5.94. The standard InChI is InChI=1S/C19H21N3O4.C9H12ClN/c1-13-11-22(9-10-23)19(25)15-3-2-4-16(17(15)26-12-13)21-18(24)14-5-7-20-8-6-14;1-11(2)7-8-5-3-4-6-9(8)10/h2-8,13,23H,9-12H2,1H3,(H,21,24);3-6H,7H2,1-2H3. The fourth-order valence-corrected chi connectivity index (χ4v) is 4.04. The van der Waals surface area contributed by atoms with Crippen LogP contribution in [0.2, 0.25) is 5.02 Å². The van der Waals surface area contributed by atoms with E-state index >= 15 is 0 Å². The van der Waals surface area contributed by atoms with Gasteiger partial charge in [-0.3, -0.25) is 14.6 Å². The van der Waals surface area contributed by atoms with Crippen LogP contribution in [0.1, 0.15) is 33.2 Å². The summed E-state index contributed by atoms with van der Waals surface area (Å²) in [6.45, 7) is 3.95. The lowest BCUT2D eigenvalue weighted by Crippen LogP contribution is -2.40. The molecule has 2 aromatic carbocycles. The molecule has 0 spiro atoms. The number of nitrogens with one attached hydrogen (secondary N) is 1. The van der Waals surface area contributed by atoms with Crippen molar-refractivity contribution in [2.45, 2.75) is 13.5 Å². The molecule has 1 atom stereocenters. The third-order valence-electron chi connectivity index (χ3n) is 5.58. The summed E-state index contributed by atoms with van der Waals surface area (Å²) in [6, 6.07) is 16.2. The Balaban J connectivity index is 0.000000289. The van der Waals surface area contributed by atoms with E-state index in [2.05, 4.69) is 15.2 Å². The first-order chi connectivity index (χ1) is 17.8. The predicted octanol–water partition coefficient (Wildman–Crippen LogP) is 4.20. The summed E-state index contributed by atoms with van der Waals surface area (Å²) in [7, 11) is 4.06. The Morgan fingerprint density at radius 3 is 2.57 bits per heavy atom. The first-order valence-corrected chi connectivity index (χ1v) is 12.4. The van der Waals surface area contributed by atoms with Gasteiger partial charge in [0.1, 0.15) is 0 Å². The van der Waals surface area contributed by atoms with Crippen LogP contribution in [0, 0.1) is 5.92 Å². The second-order valence-electron chi connectivity index (χ2n) is 9.09. The Morgan fingerprint density at radius 2 is 1.89 bits per heavy atom. The largest absolute Gasteiger partial charge is 0.490 e. The van der Waals surface area contributed by atoms with E-state index in [9.17, 15) is 14.7 Å². The Bertz CT molecular complexity index is 1190. The number of aliphatic hydroxyl groups is 1. The minimum Gasteiger partial charge on any atom is -0.490 e. The van der Waals surface area contributed by atoms with Crippen LogP contribution in [0.25, 0.3) is 0 Å². The molecule has 8 nitrogen and oxygen atoms in total. The van der Waals surface area contributed by atoms with Crippen LogP contribution < -0.4 is 10.1 Å². The molecule has 4 rings (SSSR count). The summed E-state index contributed by atoms with van der Waals surface area (Å²) < 4.78 is 5.87. The van der Waals surface area contributed by atoms with Crippen molar-refractivity contribution >= 4 is 29.1 Å². The van der Waals surface area contributed by atoms with E-state index in [-0.39, 0.29) is 30.9 Å². The fourth-order valence-electron chi connectivity index (χ4n) is 3.85. The number of benzene rings is 2. The minimum absolute atomic E-state index is 0.0996.